The summed E-state index contributed by atoms with van der Waals surface area (Å²) < 4.78 is 5.77. The van der Waals surface area contributed by atoms with Crippen LogP contribution in [-0.4, -0.2) is 19.2 Å². The zero-order valence-electron chi connectivity index (χ0n) is 14.0. The minimum absolute atomic E-state index is 0.212. The molecule has 2 rings (SSSR count). The maximum Gasteiger partial charge on any atom is 0.319 e. The summed E-state index contributed by atoms with van der Waals surface area (Å²) in [5.74, 6) is 0.894. The van der Waals surface area contributed by atoms with Crippen LogP contribution in [0.4, 0.5) is 10.5 Å². The number of ether oxygens (including phenoxy) is 1. The van der Waals surface area contributed by atoms with Crippen LogP contribution >= 0.6 is 0 Å². The number of para-hydroxylation sites is 2. The van der Waals surface area contributed by atoms with Gasteiger partial charge in [-0.15, -0.1) is 0 Å². The van der Waals surface area contributed by atoms with Crippen LogP contribution in [0.15, 0.2) is 42.5 Å². The van der Waals surface area contributed by atoms with Gasteiger partial charge in [0.05, 0.1) is 6.54 Å². The first-order valence-electron chi connectivity index (χ1n) is 7.93. The zero-order valence-corrected chi connectivity index (χ0v) is 14.0. The van der Waals surface area contributed by atoms with Crippen molar-refractivity contribution in [1.82, 2.24) is 5.32 Å². The van der Waals surface area contributed by atoms with E-state index in [4.69, 9.17) is 4.74 Å². The third kappa shape index (κ3) is 4.74. The summed E-state index contributed by atoms with van der Waals surface area (Å²) in [6.45, 7) is 6.99. The molecule has 0 aliphatic rings. The van der Waals surface area contributed by atoms with Crippen molar-refractivity contribution >= 4 is 11.7 Å². The molecular formula is C19H24N2O2. The van der Waals surface area contributed by atoms with E-state index in [1.54, 1.807) is 0 Å². The second kappa shape index (κ2) is 8.22. The van der Waals surface area contributed by atoms with E-state index in [0.29, 0.717) is 13.2 Å². The number of nitrogens with one attached hydrogen (secondary N) is 2. The van der Waals surface area contributed by atoms with Gasteiger partial charge in [-0.1, -0.05) is 43.3 Å². The second-order valence-corrected chi connectivity index (χ2v) is 5.46. The average Bonchev–Trinajstić information content (AvgIpc) is 2.54. The zero-order chi connectivity index (χ0) is 16.7. The van der Waals surface area contributed by atoms with Crippen molar-refractivity contribution in [2.45, 2.75) is 27.2 Å². The van der Waals surface area contributed by atoms with Crippen molar-refractivity contribution in [3.8, 4) is 5.75 Å². The molecule has 122 valence electrons. The van der Waals surface area contributed by atoms with E-state index in [0.717, 1.165) is 34.5 Å². The summed E-state index contributed by atoms with van der Waals surface area (Å²) in [6, 6.07) is 13.6. The summed E-state index contributed by atoms with van der Waals surface area (Å²) in [5.41, 5.74) is 4.18. The lowest BCUT2D eigenvalue weighted by atomic mass is 10.1. The number of hydrogen-bond acceptors (Lipinski definition) is 2. The molecule has 0 aliphatic heterocycles. The maximum absolute atomic E-state index is 11.9. The molecule has 2 N–H and O–H groups in total. The number of rotatable bonds is 6. The predicted octanol–water partition coefficient (Wildman–Crippen LogP) is 4.07. The van der Waals surface area contributed by atoms with E-state index in [9.17, 15) is 4.79 Å². The van der Waals surface area contributed by atoms with Crippen molar-refractivity contribution < 1.29 is 9.53 Å². The minimum Gasteiger partial charge on any atom is -0.491 e. The molecule has 0 aromatic heterocycles. The summed E-state index contributed by atoms with van der Waals surface area (Å²) in [5, 5.41) is 5.69. The normalized spacial score (nSPS) is 10.2. The smallest absolute Gasteiger partial charge is 0.319 e. The van der Waals surface area contributed by atoms with Gasteiger partial charge >= 0.3 is 6.03 Å². The van der Waals surface area contributed by atoms with Crippen LogP contribution in [0.2, 0.25) is 0 Å². The molecule has 2 aromatic rings. The van der Waals surface area contributed by atoms with E-state index in [1.165, 1.54) is 0 Å². The Balaban J connectivity index is 1.79. The molecule has 0 fully saturated rings. The molecule has 0 heterocycles. The lowest BCUT2D eigenvalue weighted by Crippen LogP contribution is -2.32. The molecule has 0 spiro atoms. The Morgan fingerprint density at radius 2 is 1.74 bits per heavy atom. The van der Waals surface area contributed by atoms with Gasteiger partial charge in [-0.3, -0.25) is 0 Å². The van der Waals surface area contributed by atoms with Crippen LogP contribution in [-0.2, 0) is 6.42 Å². The number of carbonyl (C=O) groups is 1. The molecule has 0 atom stereocenters. The van der Waals surface area contributed by atoms with E-state index >= 15 is 0 Å². The van der Waals surface area contributed by atoms with Gasteiger partial charge in [-0.25, -0.2) is 4.79 Å². The fourth-order valence-electron chi connectivity index (χ4n) is 2.46. The van der Waals surface area contributed by atoms with E-state index in [2.05, 4.69) is 17.6 Å². The summed E-state index contributed by atoms with van der Waals surface area (Å²) >= 11 is 0. The SMILES string of the molecule is CCc1ccccc1NC(=O)NCCOc1c(C)cccc1C. The number of carbonyl (C=O) groups excluding carboxylic acids is 1. The Morgan fingerprint density at radius 1 is 1.04 bits per heavy atom. The molecule has 0 bridgehead atoms. The number of benzene rings is 2. The van der Waals surface area contributed by atoms with Gasteiger partial charge in [0.1, 0.15) is 12.4 Å². The van der Waals surface area contributed by atoms with Crippen molar-refractivity contribution in [2.75, 3.05) is 18.5 Å². The third-order valence-electron chi connectivity index (χ3n) is 3.69. The van der Waals surface area contributed by atoms with Crippen LogP contribution in [0, 0.1) is 13.8 Å². The highest BCUT2D eigenvalue weighted by atomic mass is 16.5. The standard InChI is InChI=1S/C19H24N2O2/c1-4-16-10-5-6-11-17(16)21-19(22)20-12-13-23-18-14(2)8-7-9-15(18)3/h5-11H,4,12-13H2,1-3H3,(H2,20,21,22). The first-order chi connectivity index (χ1) is 11.1. The van der Waals surface area contributed by atoms with E-state index in [-0.39, 0.29) is 6.03 Å². The highest BCUT2D eigenvalue weighted by Crippen LogP contribution is 2.21. The van der Waals surface area contributed by atoms with Gasteiger partial charge < -0.3 is 15.4 Å². The molecule has 2 amide bonds. The highest BCUT2D eigenvalue weighted by molar-refractivity contribution is 5.90. The highest BCUT2D eigenvalue weighted by Gasteiger charge is 2.06. The molecule has 0 aliphatic carbocycles. The van der Waals surface area contributed by atoms with Gasteiger partial charge in [0, 0.05) is 5.69 Å². The quantitative estimate of drug-likeness (QED) is 0.790. The van der Waals surface area contributed by atoms with Crippen LogP contribution in [0.25, 0.3) is 0 Å². The fraction of sp³-hybridized carbons (Fsp3) is 0.316. The lowest BCUT2D eigenvalue weighted by molar-refractivity contribution is 0.247. The number of aryl methyl sites for hydroxylation is 3. The number of hydrogen-bond donors (Lipinski definition) is 2. The summed E-state index contributed by atoms with van der Waals surface area (Å²) in [7, 11) is 0. The first-order valence-corrected chi connectivity index (χ1v) is 7.93. The van der Waals surface area contributed by atoms with Crippen molar-refractivity contribution in [3.63, 3.8) is 0 Å². The van der Waals surface area contributed by atoms with Gasteiger partial charge in [0.2, 0.25) is 0 Å². The van der Waals surface area contributed by atoms with Crippen molar-refractivity contribution in [1.29, 1.82) is 0 Å². The van der Waals surface area contributed by atoms with Crippen molar-refractivity contribution in [2.24, 2.45) is 0 Å². The molecule has 4 nitrogen and oxygen atoms in total. The topological polar surface area (TPSA) is 50.4 Å². The number of amides is 2. The van der Waals surface area contributed by atoms with Crippen LogP contribution in [0.5, 0.6) is 5.75 Å². The lowest BCUT2D eigenvalue weighted by Gasteiger charge is -2.13. The van der Waals surface area contributed by atoms with Crippen molar-refractivity contribution in [3.05, 3.63) is 59.2 Å². The number of urea groups is 1. The van der Waals surface area contributed by atoms with Crippen LogP contribution < -0.4 is 15.4 Å². The summed E-state index contributed by atoms with van der Waals surface area (Å²) in [6.07, 6.45) is 0.881. The fourth-order valence-corrected chi connectivity index (χ4v) is 2.46. The van der Waals surface area contributed by atoms with Gasteiger partial charge in [-0.2, -0.15) is 0 Å². The molecule has 0 saturated carbocycles. The Morgan fingerprint density at radius 3 is 2.43 bits per heavy atom. The predicted molar refractivity (Wildman–Crippen MR) is 94.3 cm³/mol. The Kier molecular flexibility index (Phi) is 6.03. The molecule has 23 heavy (non-hydrogen) atoms. The minimum atomic E-state index is -0.212. The third-order valence-corrected chi connectivity index (χ3v) is 3.69. The molecule has 2 aromatic carbocycles. The van der Waals surface area contributed by atoms with Crippen LogP contribution in [0.1, 0.15) is 23.6 Å². The maximum atomic E-state index is 11.9. The van der Waals surface area contributed by atoms with Gasteiger partial charge in [0.25, 0.3) is 0 Å². The van der Waals surface area contributed by atoms with Crippen LogP contribution in [0.3, 0.4) is 0 Å². The summed E-state index contributed by atoms with van der Waals surface area (Å²) in [4.78, 5) is 11.9. The first kappa shape index (κ1) is 16.9. The monoisotopic (exact) mass is 312 g/mol. The Hall–Kier alpha value is -2.49. The van der Waals surface area contributed by atoms with Gasteiger partial charge in [-0.05, 0) is 43.0 Å². The molecule has 0 unspecified atom stereocenters. The molecule has 0 radical (unpaired) electrons. The van der Waals surface area contributed by atoms with Gasteiger partial charge in [0.15, 0.2) is 0 Å². The van der Waals surface area contributed by atoms with E-state index < -0.39 is 0 Å². The number of anilines is 1. The second-order valence-electron chi connectivity index (χ2n) is 5.46. The largest absolute Gasteiger partial charge is 0.491 e. The van der Waals surface area contributed by atoms with E-state index in [1.807, 2.05) is 56.3 Å². The molecule has 0 saturated heterocycles. The Bertz CT molecular complexity index is 648. The molecule has 4 heteroatoms. The molecular weight excluding hydrogens is 288 g/mol. The average molecular weight is 312 g/mol. The Labute approximate surface area is 137 Å².